The second-order valence-corrected chi connectivity index (χ2v) is 4.44. The van der Waals surface area contributed by atoms with E-state index in [0.717, 1.165) is 12.1 Å². The Morgan fingerprint density at radius 1 is 1.32 bits per heavy atom. The van der Waals surface area contributed by atoms with Crippen molar-refractivity contribution >= 4 is 5.69 Å². The second-order valence-electron chi connectivity index (χ2n) is 4.44. The molecule has 1 aromatic carbocycles. The minimum atomic E-state index is -0.203. The van der Waals surface area contributed by atoms with Crippen molar-refractivity contribution in [1.29, 1.82) is 0 Å². The molecule has 0 aromatic heterocycles. The van der Waals surface area contributed by atoms with Crippen molar-refractivity contribution in [3.8, 4) is 0 Å². The van der Waals surface area contributed by atoms with Gasteiger partial charge in [0.05, 0.1) is 5.69 Å². The van der Waals surface area contributed by atoms with Crippen LogP contribution >= 0.6 is 0 Å². The van der Waals surface area contributed by atoms with Crippen LogP contribution in [0, 0.1) is 5.82 Å². The zero-order chi connectivity index (χ0) is 14.3. The van der Waals surface area contributed by atoms with Crippen LogP contribution in [0.4, 0.5) is 10.1 Å². The first kappa shape index (κ1) is 15.4. The van der Waals surface area contributed by atoms with Gasteiger partial charge in [0.25, 0.3) is 0 Å². The van der Waals surface area contributed by atoms with E-state index in [2.05, 4.69) is 18.5 Å². The van der Waals surface area contributed by atoms with E-state index >= 15 is 0 Å². The molecule has 0 aliphatic heterocycles. The molecule has 1 aromatic rings. The van der Waals surface area contributed by atoms with Crippen LogP contribution in [0.25, 0.3) is 0 Å². The summed E-state index contributed by atoms with van der Waals surface area (Å²) in [6.45, 7) is 13.6. The lowest BCUT2D eigenvalue weighted by atomic mass is 10.0. The number of nitrogens with one attached hydrogen (secondary N) is 1. The average Bonchev–Trinajstić information content (AvgIpc) is 2.38. The van der Waals surface area contributed by atoms with E-state index in [-0.39, 0.29) is 11.9 Å². The number of benzene rings is 1. The number of rotatable bonds is 8. The molecule has 1 N–H and O–H groups in total. The smallest absolute Gasteiger partial charge is 0.146 e. The van der Waals surface area contributed by atoms with E-state index in [4.69, 9.17) is 0 Å². The zero-order valence-electron chi connectivity index (χ0n) is 11.8. The van der Waals surface area contributed by atoms with Gasteiger partial charge in [-0.05, 0) is 25.1 Å². The lowest BCUT2D eigenvalue weighted by Gasteiger charge is -2.27. The Labute approximate surface area is 115 Å². The first-order valence-electron chi connectivity index (χ1n) is 6.64. The molecule has 1 unspecified atom stereocenters. The first-order chi connectivity index (χ1) is 9.15. The zero-order valence-corrected chi connectivity index (χ0v) is 11.8. The van der Waals surface area contributed by atoms with Crippen molar-refractivity contribution in [3.05, 3.63) is 54.9 Å². The molecule has 0 saturated heterocycles. The summed E-state index contributed by atoms with van der Waals surface area (Å²) in [6.07, 6.45) is 3.55. The average molecular weight is 262 g/mol. The Bertz CT molecular complexity index is 419. The highest BCUT2D eigenvalue weighted by Gasteiger charge is 2.17. The molecular weight excluding hydrogens is 239 g/mol. The highest BCUT2D eigenvalue weighted by Crippen LogP contribution is 2.29. The lowest BCUT2D eigenvalue weighted by molar-refractivity contribution is 0.580. The maximum atomic E-state index is 14.2. The standard InChI is InChI=1S/C16H23FN2/c1-5-11-19(12-6-2)16-14(13(4)18-7-3)9-8-10-15(16)17/h5-6,8-10,13,18H,1-2,7,11-12H2,3-4H3. The number of hydrogen-bond acceptors (Lipinski definition) is 2. The van der Waals surface area contributed by atoms with E-state index in [1.807, 2.05) is 24.8 Å². The fourth-order valence-electron chi connectivity index (χ4n) is 2.20. The molecule has 0 heterocycles. The third kappa shape index (κ3) is 3.93. The van der Waals surface area contributed by atoms with E-state index < -0.39 is 0 Å². The van der Waals surface area contributed by atoms with Crippen molar-refractivity contribution in [2.24, 2.45) is 0 Å². The molecule has 0 saturated carbocycles. The van der Waals surface area contributed by atoms with Gasteiger partial charge in [0.1, 0.15) is 5.82 Å². The molecular formula is C16H23FN2. The van der Waals surface area contributed by atoms with Gasteiger partial charge in [-0.1, -0.05) is 31.2 Å². The van der Waals surface area contributed by atoms with Gasteiger partial charge in [0.2, 0.25) is 0 Å². The van der Waals surface area contributed by atoms with Gasteiger partial charge in [-0.3, -0.25) is 0 Å². The highest BCUT2D eigenvalue weighted by atomic mass is 19.1. The van der Waals surface area contributed by atoms with Crippen LogP contribution in [-0.2, 0) is 0 Å². The van der Waals surface area contributed by atoms with Gasteiger partial charge in [-0.15, -0.1) is 13.2 Å². The molecule has 0 spiro atoms. The van der Waals surface area contributed by atoms with Crippen molar-refractivity contribution in [2.75, 3.05) is 24.5 Å². The molecule has 19 heavy (non-hydrogen) atoms. The van der Waals surface area contributed by atoms with Crippen molar-refractivity contribution in [2.45, 2.75) is 19.9 Å². The number of hydrogen-bond donors (Lipinski definition) is 1. The minimum absolute atomic E-state index is 0.104. The van der Waals surface area contributed by atoms with Crippen molar-refractivity contribution in [1.82, 2.24) is 5.32 Å². The van der Waals surface area contributed by atoms with E-state index in [0.29, 0.717) is 18.8 Å². The normalized spacial score (nSPS) is 11.9. The molecule has 0 aliphatic carbocycles. The third-order valence-electron chi connectivity index (χ3n) is 3.01. The molecule has 0 fully saturated rings. The second kappa shape index (κ2) is 7.74. The van der Waals surface area contributed by atoms with Crippen LogP contribution in [0.2, 0.25) is 0 Å². The van der Waals surface area contributed by atoms with E-state index in [1.165, 1.54) is 6.07 Å². The molecule has 0 radical (unpaired) electrons. The van der Waals surface area contributed by atoms with Crippen LogP contribution in [0.1, 0.15) is 25.5 Å². The Kier molecular flexibility index (Phi) is 6.30. The summed E-state index contributed by atoms with van der Waals surface area (Å²) in [7, 11) is 0. The predicted octanol–water partition coefficient (Wildman–Crippen LogP) is 3.67. The lowest BCUT2D eigenvalue weighted by Crippen LogP contribution is -2.28. The summed E-state index contributed by atoms with van der Waals surface area (Å²) >= 11 is 0. The van der Waals surface area contributed by atoms with Gasteiger partial charge in [-0.25, -0.2) is 4.39 Å². The molecule has 104 valence electrons. The third-order valence-corrected chi connectivity index (χ3v) is 3.01. The van der Waals surface area contributed by atoms with Crippen LogP contribution in [0.5, 0.6) is 0 Å². The molecule has 1 atom stereocenters. The molecule has 0 bridgehead atoms. The number of anilines is 1. The van der Waals surface area contributed by atoms with Crippen LogP contribution < -0.4 is 10.2 Å². The van der Waals surface area contributed by atoms with Crippen LogP contribution in [0.3, 0.4) is 0 Å². The van der Waals surface area contributed by atoms with E-state index in [1.54, 1.807) is 18.2 Å². The molecule has 0 aliphatic rings. The Morgan fingerprint density at radius 2 is 1.95 bits per heavy atom. The van der Waals surface area contributed by atoms with Gasteiger partial charge in [0.15, 0.2) is 0 Å². The monoisotopic (exact) mass is 262 g/mol. The van der Waals surface area contributed by atoms with Gasteiger partial charge < -0.3 is 10.2 Å². The maximum Gasteiger partial charge on any atom is 0.146 e. The summed E-state index contributed by atoms with van der Waals surface area (Å²) in [6, 6.07) is 5.32. The number of para-hydroxylation sites is 1. The Hall–Kier alpha value is -1.61. The Balaban J connectivity index is 3.20. The molecule has 1 rings (SSSR count). The quantitative estimate of drug-likeness (QED) is 0.719. The summed E-state index contributed by atoms with van der Waals surface area (Å²) in [5, 5.41) is 3.32. The SMILES string of the molecule is C=CCN(CC=C)c1c(F)cccc1C(C)NCC. The van der Waals surface area contributed by atoms with Crippen molar-refractivity contribution < 1.29 is 4.39 Å². The van der Waals surface area contributed by atoms with Gasteiger partial charge in [-0.2, -0.15) is 0 Å². The molecule has 2 nitrogen and oxygen atoms in total. The number of halogens is 1. The Morgan fingerprint density at radius 3 is 2.47 bits per heavy atom. The summed E-state index contributed by atoms with van der Waals surface area (Å²) in [4.78, 5) is 1.94. The summed E-state index contributed by atoms with van der Waals surface area (Å²) < 4.78 is 14.2. The predicted molar refractivity (Wildman–Crippen MR) is 81.1 cm³/mol. The van der Waals surface area contributed by atoms with Gasteiger partial charge >= 0.3 is 0 Å². The summed E-state index contributed by atoms with van der Waals surface area (Å²) in [5.41, 5.74) is 1.60. The largest absolute Gasteiger partial charge is 0.361 e. The van der Waals surface area contributed by atoms with Crippen LogP contribution in [-0.4, -0.2) is 19.6 Å². The fraction of sp³-hybridized carbons (Fsp3) is 0.375. The van der Waals surface area contributed by atoms with Gasteiger partial charge in [0, 0.05) is 19.1 Å². The van der Waals surface area contributed by atoms with Crippen LogP contribution in [0.15, 0.2) is 43.5 Å². The summed E-state index contributed by atoms with van der Waals surface area (Å²) in [5.74, 6) is -0.203. The molecule has 3 heteroatoms. The molecule has 0 amide bonds. The first-order valence-corrected chi connectivity index (χ1v) is 6.64. The topological polar surface area (TPSA) is 15.3 Å². The highest BCUT2D eigenvalue weighted by molar-refractivity contribution is 5.57. The van der Waals surface area contributed by atoms with Crippen molar-refractivity contribution in [3.63, 3.8) is 0 Å². The fourth-order valence-corrected chi connectivity index (χ4v) is 2.20. The maximum absolute atomic E-state index is 14.2. The minimum Gasteiger partial charge on any atom is -0.361 e. The van der Waals surface area contributed by atoms with E-state index in [9.17, 15) is 4.39 Å². The number of nitrogens with zero attached hydrogens (tertiary/aromatic N) is 1.